The fourth-order valence-electron chi connectivity index (χ4n) is 3.20. The van der Waals surface area contributed by atoms with Gasteiger partial charge in [-0.15, -0.1) is 0 Å². The van der Waals surface area contributed by atoms with Crippen molar-refractivity contribution < 1.29 is 24.2 Å². The van der Waals surface area contributed by atoms with Gasteiger partial charge in [-0.25, -0.2) is 14.6 Å². The van der Waals surface area contributed by atoms with E-state index in [0.717, 1.165) is 11.3 Å². The molecule has 1 aromatic heterocycles. The molecule has 0 aliphatic carbocycles. The maximum atomic E-state index is 12.1. The number of amides is 1. The predicted octanol–water partition coefficient (Wildman–Crippen LogP) is 2.30. The molecule has 2 aromatic rings. The highest BCUT2D eigenvalue weighted by molar-refractivity contribution is 5.86. The Hall–Kier alpha value is -3.13. The predicted molar refractivity (Wildman–Crippen MR) is 102 cm³/mol. The minimum Gasteiger partial charge on any atom is -0.477 e. The number of piperidine rings is 1. The SMILES string of the molecule is COC1CN(c2ccnc(C(=O)O)c2)CCC1NC(=O)OCc1ccccc1. The molecule has 1 fully saturated rings. The molecule has 0 radical (unpaired) electrons. The van der Waals surface area contributed by atoms with E-state index in [0.29, 0.717) is 19.5 Å². The lowest BCUT2D eigenvalue weighted by Gasteiger charge is -2.39. The van der Waals surface area contributed by atoms with E-state index in [1.807, 2.05) is 35.2 Å². The van der Waals surface area contributed by atoms with Crippen LogP contribution in [0, 0.1) is 0 Å². The Kier molecular flexibility index (Phi) is 6.44. The van der Waals surface area contributed by atoms with E-state index in [1.54, 1.807) is 13.2 Å². The van der Waals surface area contributed by atoms with Gasteiger partial charge in [0.2, 0.25) is 0 Å². The number of anilines is 1. The molecule has 2 atom stereocenters. The van der Waals surface area contributed by atoms with E-state index in [4.69, 9.17) is 14.6 Å². The summed E-state index contributed by atoms with van der Waals surface area (Å²) < 4.78 is 10.8. The molecule has 1 amide bonds. The van der Waals surface area contributed by atoms with Gasteiger partial charge in [-0.1, -0.05) is 30.3 Å². The number of ether oxygens (including phenoxy) is 2. The van der Waals surface area contributed by atoms with Crippen molar-refractivity contribution in [1.29, 1.82) is 0 Å². The van der Waals surface area contributed by atoms with Gasteiger partial charge in [0.15, 0.2) is 0 Å². The summed E-state index contributed by atoms with van der Waals surface area (Å²) in [5, 5.41) is 12.0. The number of methoxy groups -OCH3 is 1. The Morgan fingerprint density at radius 3 is 2.79 bits per heavy atom. The summed E-state index contributed by atoms with van der Waals surface area (Å²) in [7, 11) is 1.59. The molecule has 2 heterocycles. The van der Waals surface area contributed by atoms with Gasteiger partial charge < -0.3 is 24.8 Å². The second-order valence-corrected chi connectivity index (χ2v) is 6.53. The van der Waals surface area contributed by atoms with Gasteiger partial charge in [0.1, 0.15) is 12.3 Å². The van der Waals surface area contributed by atoms with Crippen molar-refractivity contribution in [1.82, 2.24) is 10.3 Å². The number of hydrogen-bond acceptors (Lipinski definition) is 6. The van der Waals surface area contributed by atoms with Gasteiger partial charge in [0.25, 0.3) is 0 Å². The molecule has 1 aliphatic rings. The second kappa shape index (κ2) is 9.18. The molecule has 2 unspecified atom stereocenters. The lowest BCUT2D eigenvalue weighted by molar-refractivity contribution is 0.0546. The second-order valence-electron chi connectivity index (χ2n) is 6.53. The topological polar surface area (TPSA) is 101 Å². The molecule has 28 heavy (non-hydrogen) atoms. The normalized spacial score (nSPS) is 19.1. The molecule has 148 valence electrons. The van der Waals surface area contributed by atoms with Crippen molar-refractivity contribution in [3.8, 4) is 0 Å². The lowest BCUT2D eigenvalue weighted by atomic mass is 10.0. The van der Waals surface area contributed by atoms with Crippen molar-refractivity contribution in [2.75, 3.05) is 25.1 Å². The Bertz CT molecular complexity index is 814. The van der Waals surface area contributed by atoms with Gasteiger partial charge in [-0.3, -0.25) is 0 Å². The third-order valence-electron chi connectivity index (χ3n) is 4.71. The van der Waals surface area contributed by atoms with Crippen LogP contribution >= 0.6 is 0 Å². The maximum Gasteiger partial charge on any atom is 0.407 e. The maximum absolute atomic E-state index is 12.1. The first-order valence-corrected chi connectivity index (χ1v) is 9.01. The molecule has 2 N–H and O–H groups in total. The molecule has 8 nitrogen and oxygen atoms in total. The first kappa shape index (κ1) is 19.6. The summed E-state index contributed by atoms with van der Waals surface area (Å²) in [4.78, 5) is 29.1. The number of carbonyl (C=O) groups excluding carboxylic acids is 1. The average molecular weight is 385 g/mol. The molecular formula is C20H23N3O5. The number of hydrogen-bond donors (Lipinski definition) is 2. The van der Waals surface area contributed by atoms with Crippen LogP contribution in [0.15, 0.2) is 48.7 Å². The first-order chi connectivity index (χ1) is 13.6. The van der Waals surface area contributed by atoms with Gasteiger partial charge in [0, 0.05) is 32.1 Å². The summed E-state index contributed by atoms with van der Waals surface area (Å²) in [5.74, 6) is -1.07. The fourth-order valence-corrected chi connectivity index (χ4v) is 3.20. The van der Waals surface area contributed by atoms with Gasteiger partial charge >= 0.3 is 12.1 Å². The molecule has 1 saturated heterocycles. The highest BCUT2D eigenvalue weighted by Gasteiger charge is 2.31. The number of carboxylic acids is 1. The average Bonchev–Trinajstić information content (AvgIpc) is 2.73. The monoisotopic (exact) mass is 385 g/mol. The summed E-state index contributed by atoms with van der Waals surface area (Å²) in [6.07, 6.45) is 1.39. The van der Waals surface area contributed by atoms with Crippen LogP contribution in [-0.2, 0) is 16.1 Å². The number of carboxylic acid groups (broad SMARTS) is 1. The van der Waals surface area contributed by atoms with E-state index in [-0.39, 0.29) is 24.4 Å². The van der Waals surface area contributed by atoms with E-state index >= 15 is 0 Å². The standard InChI is InChI=1S/C20H23N3O5/c1-27-18-12-23(15-7-9-21-17(11-15)19(24)25)10-8-16(18)22-20(26)28-13-14-5-3-2-4-6-14/h2-7,9,11,16,18H,8,10,12-13H2,1H3,(H,22,26)(H,24,25). The number of nitrogens with zero attached hydrogens (tertiary/aromatic N) is 2. The number of aromatic carboxylic acids is 1. The number of benzene rings is 1. The minimum atomic E-state index is -1.07. The van der Waals surface area contributed by atoms with Crippen LogP contribution in [0.4, 0.5) is 10.5 Å². The van der Waals surface area contributed by atoms with Crippen LogP contribution in [0.1, 0.15) is 22.5 Å². The van der Waals surface area contributed by atoms with Crippen LogP contribution < -0.4 is 10.2 Å². The summed E-state index contributed by atoms with van der Waals surface area (Å²) >= 11 is 0. The van der Waals surface area contributed by atoms with E-state index in [1.165, 1.54) is 12.3 Å². The molecule has 8 heteroatoms. The molecule has 0 saturated carbocycles. The number of rotatable bonds is 6. The number of alkyl carbamates (subject to hydrolysis) is 1. The number of pyridine rings is 1. The van der Waals surface area contributed by atoms with Crippen molar-refractivity contribution in [2.24, 2.45) is 0 Å². The Balaban J connectivity index is 1.56. The zero-order chi connectivity index (χ0) is 19.9. The number of nitrogens with one attached hydrogen (secondary N) is 1. The van der Waals surface area contributed by atoms with Crippen LogP contribution in [0.5, 0.6) is 0 Å². The Morgan fingerprint density at radius 1 is 1.29 bits per heavy atom. The van der Waals surface area contributed by atoms with E-state index in [2.05, 4.69) is 10.3 Å². The first-order valence-electron chi connectivity index (χ1n) is 9.01. The fraction of sp³-hybridized carbons (Fsp3) is 0.350. The third kappa shape index (κ3) is 4.98. The van der Waals surface area contributed by atoms with E-state index < -0.39 is 12.1 Å². The lowest BCUT2D eigenvalue weighted by Crippen LogP contribution is -2.55. The Labute approximate surface area is 163 Å². The minimum absolute atomic E-state index is 0.00351. The van der Waals surface area contributed by atoms with Crippen LogP contribution in [0.25, 0.3) is 0 Å². The van der Waals surface area contributed by atoms with Crippen molar-refractivity contribution in [3.05, 3.63) is 59.9 Å². The van der Waals surface area contributed by atoms with Crippen molar-refractivity contribution in [2.45, 2.75) is 25.2 Å². The van der Waals surface area contributed by atoms with Gasteiger partial charge in [-0.05, 0) is 24.1 Å². The molecular weight excluding hydrogens is 362 g/mol. The van der Waals surface area contributed by atoms with Crippen LogP contribution in [-0.4, -0.2) is 54.5 Å². The van der Waals surface area contributed by atoms with Crippen LogP contribution in [0.2, 0.25) is 0 Å². The molecule has 1 aliphatic heterocycles. The highest BCUT2D eigenvalue weighted by Crippen LogP contribution is 2.22. The zero-order valence-corrected chi connectivity index (χ0v) is 15.6. The third-order valence-corrected chi connectivity index (χ3v) is 4.71. The Morgan fingerprint density at radius 2 is 2.07 bits per heavy atom. The van der Waals surface area contributed by atoms with Crippen LogP contribution in [0.3, 0.4) is 0 Å². The summed E-state index contributed by atoms with van der Waals surface area (Å²) in [6, 6.07) is 12.6. The molecule has 0 spiro atoms. The molecule has 1 aromatic carbocycles. The molecule has 0 bridgehead atoms. The summed E-state index contributed by atoms with van der Waals surface area (Å²) in [5.41, 5.74) is 1.68. The smallest absolute Gasteiger partial charge is 0.407 e. The van der Waals surface area contributed by atoms with Gasteiger partial charge in [-0.2, -0.15) is 0 Å². The van der Waals surface area contributed by atoms with E-state index in [9.17, 15) is 9.59 Å². The zero-order valence-electron chi connectivity index (χ0n) is 15.6. The van der Waals surface area contributed by atoms with Gasteiger partial charge in [0.05, 0.1) is 12.1 Å². The molecule has 3 rings (SSSR count). The summed E-state index contributed by atoms with van der Waals surface area (Å²) in [6.45, 7) is 1.37. The van der Waals surface area contributed by atoms with Crippen molar-refractivity contribution in [3.63, 3.8) is 0 Å². The van der Waals surface area contributed by atoms with Crippen molar-refractivity contribution >= 4 is 17.7 Å². The quantitative estimate of drug-likeness (QED) is 0.787. The number of carbonyl (C=O) groups is 2. The highest BCUT2D eigenvalue weighted by atomic mass is 16.5. The number of aromatic nitrogens is 1. The largest absolute Gasteiger partial charge is 0.477 e.